The lowest BCUT2D eigenvalue weighted by atomic mass is 10.0. The van der Waals surface area contributed by atoms with Gasteiger partial charge in [0.15, 0.2) is 0 Å². The molecule has 2 atom stereocenters. The maximum Gasteiger partial charge on any atom is 0.243 e. The van der Waals surface area contributed by atoms with Crippen LogP contribution in [-0.2, 0) is 22.6 Å². The zero-order valence-corrected chi connectivity index (χ0v) is 19.6. The third-order valence-electron chi connectivity index (χ3n) is 5.33. The summed E-state index contributed by atoms with van der Waals surface area (Å²) in [6.45, 7) is 8.17. The number of hydrogen-bond acceptors (Lipinski definition) is 2. The van der Waals surface area contributed by atoms with Crippen LogP contribution in [0.15, 0.2) is 42.5 Å². The standard InChI is InChI=1S/C24H30Cl2N2O2/c1-5-17(4)27-24(30)22(6-2)28(15-18-11-12-20(25)21(26)13-18)23(29)14-19-10-8-7-9-16(19)3/h7-13,17,22H,5-6,14-15H2,1-4H3,(H,27,30). The van der Waals surface area contributed by atoms with Gasteiger partial charge in [0.2, 0.25) is 11.8 Å². The molecule has 4 nitrogen and oxygen atoms in total. The number of nitrogens with zero attached hydrogens (tertiary/aromatic N) is 1. The van der Waals surface area contributed by atoms with Crippen LogP contribution < -0.4 is 5.32 Å². The van der Waals surface area contributed by atoms with Crippen molar-refractivity contribution in [1.29, 1.82) is 0 Å². The fourth-order valence-corrected chi connectivity index (χ4v) is 3.59. The predicted octanol–water partition coefficient (Wildman–Crippen LogP) is 5.57. The second-order valence-corrected chi connectivity index (χ2v) is 8.43. The van der Waals surface area contributed by atoms with Crippen molar-refractivity contribution in [2.45, 2.75) is 65.6 Å². The van der Waals surface area contributed by atoms with Crippen LogP contribution in [0.2, 0.25) is 10.0 Å². The quantitative estimate of drug-likeness (QED) is 0.545. The van der Waals surface area contributed by atoms with Crippen molar-refractivity contribution in [3.8, 4) is 0 Å². The summed E-state index contributed by atoms with van der Waals surface area (Å²) in [7, 11) is 0. The molecule has 0 radical (unpaired) electrons. The highest BCUT2D eigenvalue weighted by Gasteiger charge is 2.29. The molecule has 2 amide bonds. The van der Waals surface area contributed by atoms with Gasteiger partial charge in [-0.3, -0.25) is 9.59 Å². The van der Waals surface area contributed by atoms with E-state index in [1.165, 1.54) is 0 Å². The summed E-state index contributed by atoms with van der Waals surface area (Å²) >= 11 is 12.2. The Hall–Kier alpha value is -2.04. The molecule has 0 heterocycles. The van der Waals surface area contributed by atoms with E-state index in [9.17, 15) is 9.59 Å². The average molecular weight is 449 g/mol. The lowest BCUT2D eigenvalue weighted by Crippen LogP contribution is -2.51. The summed E-state index contributed by atoms with van der Waals surface area (Å²) in [4.78, 5) is 28.0. The van der Waals surface area contributed by atoms with E-state index < -0.39 is 6.04 Å². The first-order valence-corrected chi connectivity index (χ1v) is 11.1. The number of carbonyl (C=O) groups is 2. The normalized spacial score (nSPS) is 12.9. The molecule has 2 rings (SSSR count). The van der Waals surface area contributed by atoms with E-state index >= 15 is 0 Å². The summed E-state index contributed by atoms with van der Waals surface area (Å²) in [5.41, 5.74) is 2.84. The largest absolute Gasteiger partial charge is 0.352 e. The molecule has 0 aliphatic rings. The Morgan fingerprint density at radius 1 is 1.03 bits per heavy atom. The van der Waals surface area contributed by atoms with Crippen molar-refractivity contribution in [1.82, 2.24) is 10.2 Å². The van der Waals surface area contributed by atoms with Gasteiger partial charge in [0.05, 0.1) is 16.5 Å². The number of nitrogens with one attached hydrogen (secondary N) is 1. The Morgan fingerprint density at radius 2 is 1.73 bits per heavy atom. The Labute approximate surface area is 189 Å². The Balaban J connectivity index is 2.34. The first kappa shape index (κ1) is 24.2. The smallest absolute Gasteiger partial charge is 0.243 e. The van der Waals surface area contributed by atoms with E-state index in [4.69, 9.17) is 23.2 Å². The topological polar surface area (TPSA) is 49.4 Å². The summed E-state index contributed by atoms with van der Waals surface area (Å²) < 4.78 is 0. The molecule has 0 aromatic heterocycles. The second kappa shape index (κ2) is 11.4. The van der Waals surface area contributed by atoms with Crippen molar-refractivity contribution >= 4 is 35.0 Å². The molecule has 30 heavy (non-hydrogen) atoms. The summed E-state index contributed by atoms with van der Waals surface area (Å²) in [5, 5.41) is 3.90. The van der Waals surface area contributed by atoms with Gasteiger partial charge in [-0.15, -0.1) is 0 Å². The van der Waals surface area contributed by atoms with Crippen molar-refractivity contribution in [3.63, 3.8) is 0 Å². The van der Waals surface area contributed by atoms with E-state index in [1.54, 1.807) is 17.0 Å². The Bertz CT molecular complexity index is 885. The molecule has 0 aliphatic heterocycles. The van der Waals surface area contributed by atoms with E-state index in [0.29, 0.717) is 16.5 Å². The van der Waals surface area contributed by atoms with Crippen molar-refractivity contribution in [2.75, 3.05) is 0 Å². The molecule has 2 aromatic rings. The van der Waals surface area contributed by atoms with Crippen LogP contribution in [0.5, 0.6) is 0 Å². The van der Waals surface area contributed by atoms with Crippen molar-refractivity contribution in [3.05, 3.63) is 69.2 Å². The van der Waals surface area contributed by atoms with Gasteiger partial charge in [-0.2, -0.15) is 0 Å². The average Bonchev–Trinajstić information content (AvgIpc) is 2.72. The van der Waals surface area contributed by atoms with Crippen LogP contribution in [0.3, 0.4) is 0 Å². The number of aryl methyl sites for hydroxylation is 1. The number of hydrogen-bond donors (Lipinski definition) is 1. The molecule has 0 fully saturated rings. The minimum absolute atomic E-state index is 0.0462. The lowest BCUT2D eigenvalue weighted by molar-refractivity contribution is -0.141. The van der Waals surface area contributed by atoms with Crippen molar-refractivity contribution < 1.29 is 9.59 Å². The first-order valence-electron chi connectivity index (χ1n) is 10.3. The van der Waals surface area contributed by atoms with E-state index in [1.807, 2.05) is 58.0 Å². The van der Waals surface area contributed by atoms with Crippen LogP contribution in [0, 0.1) is 6.92 Å². The van der Waals surface area contributed by atoms with Crippen LogP contribution in [0.1, 0.15) is 50.3 Å². The van der Waals surface area contributed by atoms with E-state index in [2.05, 4.69) is 5.32 Å². The summed E-state index contributed by atoms with van der Waals surface area (Å²) in [5.74, 6) is -0.230. The SMILES string of the molecule is CCC(C)NC(=O)C(CC)N(Cc1ccc(Cl)c(Cl)c1)C(=O)Cc1ccccc1C. The molecule has 162 valence electrons. The second-order valence-electron chi connectivity index (χ2n) is 7.62. The Kier molecular flexibility index (Phi) is 9.19. The van der Waals surface area contributed by atoms with Gasteiger partial charge in [0.1, 0.15) is 6.04 Å². The third-order valence-corrected chi connectivity index (χ3v) is 6.07. The first-order chi connectivity index (χ1) is 14.3. The zero-order valence-electron chi connectivity index (χ0n) is 18.0. The van der Waals surface area contributed by atoms with Crippen LogP contribution in [-0.4, -0.2) is 28.8 Å². The van der Waals surface area contributed by atoms with Gasteiger partial charge >= 0.3 is 0 Å². The fourth-order valence-electron chi connectivity index (χ4n) is 3.27. The molecule has 0 aliphatic carbocycles. The Morgan fingerprint density at radius 3 is 2.33 bits per heavy atom. The third kappa shape index (κ3) is 6.48. The molecule has 2 aromatic carbocycles. The van der Waals surface area contributed by atoms with Gasteiger partial charge < -0.3 is 10.2 Å². The van der Waals surface area contributed by atoms with Crippen LogP contribution in [0.4, 0.5) is 0 Å². The van der Waals surface area contributed by atoms with Gasteiger partial charge in [-0.05, 0) is 55.5 Å². The van der Waals surface area contributed by atoms with Crippen LogP contribution >= 0.6 is 23.2 Å². The predicted molar refractivity (Wildman–Crippen MR) is 124 cm³/mol. The molecule has 0 spiro atoms. The van der Waals surface area contributed by atoms with Gasteiger partial charge in [-0.1, -0.05) is 67.4 Å². The fraction of sp³-hybridized carbons (Fsp3) is 0.417. The zero-order chi connectivity index (χ0) is 22.3. The maximum absolute atomic E-state index is 13.4. The number of carbonyl (C=O) groups excluding carboxylic acids is 2. The molecule has 0 bridgehead atoms. The maximum atomic E-state index is 13.4. The van der Waals surface area contributed by atoms with Gasteiger partial charge in [0, 0.05) is 12.6 Å². The summed E-state index contributed by atoms with van der Waals surface area (Å²) in [6, 6.07) is 12.6. The molecule has 6 heteroatoms. The van der Waals surface area contributed by atoms with E-state index in [-0.39, 0.29) is 30.8 Å². The van der Waals surface area contributed by atoms with Crippen molar-refractivity contribution in [2.24, 2.45) is 0 Å². The highest BCUT2D eigenvalue weighted by Crippen LogP contribution is 2.24. The van der Waals surface area contributed by atoms with E-state index in [0.717, 1.165) is 23.1 Å². The lowest BCUT2D eigenvalue weighted by Gasteiger charge is -2.32. The minimum atomic E-state index is -0.565. The molecule has 1 N–H and O–H groups in total. The van der Waals surface area contributed by atoms with Crippen LogP contribution in [0.25, 0.3) is 0 Å². The molecule has 0 saturated carbocycles. The molecule has 2 unspecified atom stereocenters. The monoisotopic (exact) mass is 448 g/mol. The highest BCUT2D eigenvalue weighted by atomic mass is 35.5. The number of amides is 2. The highest BCUT2D eigenvalue weighted by molar-refractivity contribution is 6.42. The summed E-state index contributed by atoms with van der Waals surface area (Å²) in [6.07, 6.45) is 1.58. The number of halogens is 2. The molecular weight excluding hydrogens is 419 g/mol. The number of benzene rings is 2. The van der Waals surface area contributed by atoms with Gasteiger partial charge in [0.25, 0.3) is 0 Å². The number of rotatable bonds is 9. The minimum Gasteiger partial charge on any atom is -0.352 e. The molecular formula is C24H30Cl2N2O2. The van der Waals surface area contributed by atoms with Gasteiger partial charge in [-0.25, -0.2) is 0 Å². The molecule has 0 saturated heterocycles.